The van der Waals surface area contributed by atoms with Gasteiger partial charge in [0, 0.05) is 18.7 Å². The van der Waals surface area contributed by atoms with E-state index in [-0.39, 0.29) is 5.76 Å². The van der Waals surface area contributed by atoms with Crippen molar-refractivity contribution in [3.05, 3.63) is 40.5 Å². The number of nitrogens with zero attached hydrogens (tertiary/aromatic N) is 3. The van der Waals surface area contributed by atoms with Crippen molar-refractivity contribution in [1.29, 1.82) is 0 Å². The predicted octanol–water partition coefficient (Wildman–Crippen LogP) is 2.78. The quantitative estimate of drug-likeness (QED) is 0.797. The van der Waals surface area contributed by atoms with Crippen molar-refractivity contribution in [2.24, 2.45) is 7.05 Å². The molecule has 0 aliphatic heterocycles. The molecule has 1 fully saturated rings. The number of oxazole rings is 1. The van der Waals surface area contributed by atoms with Gasteiger partial charge in [0.05, 0.1) is 12.1 Å². The molecule has 1 aliphatic carbocycles. The summed E-state index contributed by atoms with van der Waals surface area (Å²) in [5.41, 5.74) is 2.19. The summed E-state index contributed by atoms with van der Waals surface area (Å²) in [6.45, 7) is 0.455. The highest BCUT2D eigenvalue weighted by Crippen LogP contribution is 2.32. The van der Waals surface area contributed by atoms with Crippen LogP contribution in [0.15, 0.2) is 31.9 Å². The normalized spacial score (nSPS) is 15.5. The summed E-state index contributed by atoms with van der Waals surface area (Å²) in [6, 6.07) is 5.50. The average molecular weight is 314 g/mol. The summed E-state index contributed by atoms with van der Waals surface area (Å²) in [5, 5.41) is 7.33. The first-order valence-corrected chi connectivity index (χ1v) is 7.86. The Kier molecular flexibility index (Phi) is 3.40. The molecule has 3 aromatic rings. The van der Waals surface area contributed by atoms with E-state index in [0.29, 0.717) is 23.9 Å². The van der Waals surface area contributed by atoms with Gasteiger partial charge in [0.1, 0.15) is 0 Å². The molecule has 120 valence electrons. The van der Waals surface area contributed by atoms with E-state index in [2.05, 4.69) is 15.5 Å². The van der Waals surface area contributed by atoms with Crippen LogP contribution in [0.1, 0.15) is 43.3 Å². The second kappa shape index (κ2) is 5.57. The standard InChI is InChI=1S/C16H18N4O3/c1-20-12-8-11(6-7-13(12)22-16(20)21)17-9-14-18-15(19-23-14)10-4-2-3-5-10/h6-8,10,17H,2-5,9H2,1H3. The number of fused-ring (bicyclic) bond motifs is 1. The van der Waals surface area contributed by atoms with Crippen LogP contribution in [0.5, 0.6) is 0 Å². The van der Waals surface area contributed by atoms with Crippen LogP contribution in [0.2, 0.25) is 0 Å². The fourth-order valence-corrected chi connectivity index (χ4v) is 3.10. The molecule has 0 radical (unpaired) electrons. The van der Waals surface area contributed by atoms with E-state index < -0.39 is 0 Å². The van der Waals surface area contributed by atoms with Gasteiger partial charge < -0.3 is 14.3 Å². The molecular weight excluding hydrogens is 296 g/mol. The second-order valence-corrected chi connectivity index (χ2v) is 5.99. The highest BCUT2D eigenvalue weighted by Gasteiger charge is 2.22. The van der Waals surface area contributed by atoms with Crippen LogP contribution in [-0.4, -0.2) is 14.7 Å². The fourth-order valence-electron chi connectivity index (χ4n) is 3.10. The van der Waals surface area contributed by atoms with Crippen molar-refractivity contribution in [3.63, 3.8) is 0 Å². The Bertz CT molecular complexity index is 886. The fraction of sp³-hybridized carbons (Fsp3) is 0.438. The molecule has 4 rings (SSSR count). The van der Waals surface area contributed by atoms with Crippen LogP contribution >= 0.6 is 0 Å². The van der Waals surface area contributed by atoms with Crippen molar-refractivity contribution in [2.75, 3.05) is 5.32 Å². The maximum atomic E-state index is 11.5. The molecular formula is C16H18N4O3. The summed E-state index contributed by atoms with van der Waals surface area (Å²) in [4.78, 5) is 16.0. The van der Waals surface area contributed by atoms with E-state index in [1.165, 1.54) is 17.4 Å². The second-order valence-electron chi connectivity index (χ2n) is 5.99. The third-order valence-corrected chi connectivity index (χ3v) is 4.44. The maximum Gasteiger partial charge on any atom is 0.419 e. The third-order valence-electron chi connectivity index (χ3n) is 4.44. The number of benzene rings is 1. The van der Waals surface area contributed by atoms with E-state index in [0.717, 1.165) is 29.9 Å². The highest BCUT2D eigenvalue weighted by molar-refractivity contribution is 5.77. The molecule has 1 aromatic carbocycles. The molecule has 1 saturated carbocycles. The third kappa shape index (κ3) is 2.62. The zero-order valence-electron chi connectivity index (χ0n) is 12.9. The molecule has 1 N–H and O–H groups in total. The first kappa shape index (κ1) is 14.0. The first-order chi connectivity index (χ1) is 11.2. The van der Waals surface area contributed by atoms with Gasteiger partial charge >= 0.3 is 5.76 Å². The van der Waals surface area contributed by atoms with Gasteiger partial charge in [-0.2, -0.15) is 4.98 Å². The van der Waals surface area contributed by atoms with Crippen molar-refractivity contribution in [3.8, 4) is 0 Å². The monoisotopic (exact) mass is 314 g/mol. The van der Waals surface area contributed by atoms with Crippen LogP contribution < -0.4 is 11.1 Å². The summed E-state index contributed by atoms with van der Waals surface area (Å²) in [6.07, 6.45) is 4.79. The summed E-state index contributed by atoms with van der Waals surface area (Å²) < 4.78 is 11.9. The van der Waals surface area contributed by atoms with E-state index in [4.69, 9.17) is 8.94 Å². The summed E-state index contributed by atoms with van der Waals surface area (Å²) >= 11 is 0. The van der Waals surface area contributed by atoms with E-state index in [1.807, 2.05) is 12.1 Å². The number of hydrogen-bond acceptors (Lipinski definition) is 6. The first-order valence-electron chi connectivity index (χ1n) is 7.86. The number of hydrogen-bond donors (Lipinski definition) is 1. The van der Waals surface area contributed by atoms with E-state index >= 15 is 0 Å². The van der Waals surface area contributed by atoms with Crippen LogP contribution in [0.25, 0.3) is 11.1 Å². The largest absolute Gasteiger partial charge is 0.419 e. The predicted molar refractivity (Wildman–Crippen MR) is 84.3 cm³/mol. The SMILES string of the molecule is Cn1c(=O)oc2ccc(NCc3nc(C4CCCC4)no3)cc21. The van der Waals surface area contributed by atoms with Gasteiger partial charge in [0.2, 0.25) is 5.89 Å². The Hall–Kier alpha value is -2.57. The van der Waals surface area contributed by atoms with Gasteiger partial charge in [-0.15, -0.1) is 0 Å². The van der Waals surface area contributed by atoms with Gasteiger partial charge in [0.25, 0.3) is 0 Å². The van der Waals surface area contributed by atoms with Crippen molar-refractivity contribution in [2.45, 2.75) is 38.1 Å². The Morgan fingerprint density at radius 3 is 3.00 bits per heavy atom. The van der Waals surface area contributed by atoms with Crippen molar-refractivity contribution < 1.29 is 8.94 Å². The molecule has 2 aromatic heterocycles. The minimum absolute atomic E-state index is 0.366. The van der Waals surface area contributed by atoms with Crippen molar-refractivity contribution in [1.82, 2.24) is 14.7 Å². The molecule has 23 heavy (non-hydrogen) atoms. The topological polar surface area (TPSA) is 86.1 Å². The number of nitrogens with one attached hydrogen (secondary N) is 1. The number of anilines is 1. The van der Waals surface area contributed by atoms with Crippen LogP contribution in [0, 0.1) is 0 Å². The van der Waals surface area contributed by atoms with Gasteiger partial charge in [-0.05, 0) is 31.0 Å². The lowest BCUT2D eigenvalue weighted by molar-refractivity contribution is 0.374. The Labute approximate surface area is 132 Å². The maximum absolute atomic E-state index is 11.5. The molecule has 0 amide bonds. The minimum Gasteiger partial charge on any atom is -0.408 e. The Morgan fingerprint density at radius 1 is 1.35 bits per heavy atom. The zero-order valence-corrected chi connectivity index (χ0v) is 12.9. The van der Waals surface area contributed by atoms with Gasteiger partial charge in [0.15, 0.2) is 11.4 Å². The molecule has 0 saturated heterocycles. The van der Waals surface area contributed by atoms with Gasteiger partial charge in [-0.1, -0.05) is 18.0 Å². The molecule has 0 spiro atoms. The summed E-state index contributed by atoms with van der Waals surface area (Å²) in [5.74, 6) is 1.49. The lowest BCUT2D eigenvalue weighted by Gasteiger charge is -2.03. The molecule has 7 nitrogen and oxygen atoms in total. The number of aromatic nitrogens is 3. The average Bonchev–Trinajstić information content (AvgIpc) is 3.27. The molecule has 0 bridgehead atoms. The van der Waals surface area contributed by atoms with Gasteiger partial charge in [-0.25, -0.2) is 4.79 Å². The Morgan fingerprint density at radius 2 is 2.17 bits per heavy atom. The van der Waals surface area contributed by atoms with Gasteiger partial charge in [-0.3, -0.25) is 4.57 Å². The molecule has 0 atom stereocenters. The lowest BCUT2D eigenvalue weighted by Crippen LogP contribution is -2.08. The van der Waals surface area contributed by atoms with Crippen LogP contribution in [-0.2, 0) is 13.6 Å². The van der Waals surface area contributed by atoms with Crippen LogP contribution in [0.4, 0.5) is 5.69 Å². The minimum atomic E-state index is -0.366. The van der Waals surface area contributed by atoms with Crippen LogP contribution in [0.3, 0.4) is 0 Å². The molecule has 0 unspecified atom stereocenters. The lowest BCUT2D eigenvalue weighted by atomic mass is 10.1. The van der Waals surface area contributed by atoms with E-state index in [1.54, 1.807) is 13.1 Å². The highest BCUT2D eigenvalue weighted by atomic mass is 16.5. The van der Waals surface area contributed by atoms with Crippen molar-refractivity contribution >= 4 is 16.8 Å². The Balaban J connectivity index is 1.48. The molecule has 7 heteroatoms. The van der Waals surface area contributed by atoms with E-state index in [9.17, 15) is 4.79 Å². The smallest absolute Gasteiger partial charge is 0.408 e. The zero-order chi connectivity index (χ0) is 15.8. The number of rotatable bonds is 4. The molecule has 1 aliphatic rings. The molecule has 2 heterocycles. The summed E-state index contributed by atoms with van der Waals surface area (Å²) in [7, 11) is 1.68. The number of aryl methyl sites for hydroxylation is 1.